The third-order valence-electron chi connectivity index (χ3n) is 5.75. The zero-order chi connectivity index (χ0) is 22.5. The number of imidazole rings is 1. The SMILES string of the molecule is CCSc1nc(-c2ccccc2)[nH]c1[P+](c1ccccc1)(c1ccccc1)c1ccccc1.[I-]. The van der Waals surface area contributed by atoms with Crippen molar-refractivity contribution in [1.29, 1.82) is 0 Å². The van der Waals surface area contributed by atoms with Crippen LogP contribution in [0.5, 0.6) is 0 Å². The molecule has 5 rings (SSSR count). The fourth-order valence-electron chi connectivity index (χ4n) is 4.33. The van der Waals surface area contributed by atoms with Gasteiger partial charge in [-0.3, -0.25) is 0 Å². The van der Waals surface area contributed by atoms with Crippen LogP contribution in [0.4, 0.5) is 0 Å². The molecule has 1 heterocycles. The van der Waals surface area contributed by atoms with Crippen molar-refractivity contribution in [3.63, 3.8) is 0 Å². The average Bonchev–Trinajstić information content (AvgIpc) is 3.31. The van der Waals surface area contributed by atoms with E-state index in [9.17, 15) is 0 Å². The van der Waals surface area contributed by atoms with E-state index < -0.39 is 7.26 Å². The molecule has 4 aromatic carbocycles. The van der Waals surface area contributed by atoms with Crippen LogP contribution in [0.15, 0.2) is 126 Å². The van der Waals surface area contributed by atoms with Crippen LogP contribution < -0.4 is 45.3 Å². The normalized spacial score (nSPS) is 11.1. The molecule has 0 atom stereocenters. The molecule has 0 fully saturated rings. The molecule has 0 aliphatic rings. The maximum Gasteiger partial charge on any atom is 0.210 e. The van der Waals surface area contributed by atoms with Gasteiger partial charge in [-0.15, -0.1) is 11.8 Å². The average molecular weight is 592 g/mol. The smallest absolute Gasteiger partial charge is 0.210 e. The predicted octanol–water partition coefficient (Wildman–Crippen LogP) is 2.81. The van der Waals surface area contributed by atoms with Gasteiger partial charge >= 0.3 is 0 Å². The maximum absolute atomic E-state index is 5.15. The Bertz CT molecular complexity index is 1210. The summed E-state index contributed by atoms with van der Waals surface area (Å²) in [5.74, 6) is 1.89. The molecule has 5 aromatic rings. The molecule has 0 aliphatic carbocycles. The largest absolute Gasteiger partial charge is 1.00 e. The Labute approximate surface area is 223 Å². The Morgan fingerprint density at radius 3 is 1.47 bits per heavy atom. The van der Waals surface area contributed by atoms with E-state index >= 15 is 0 Å². The third-order valence-corrected chi connectivity index (χ3v) is 11.0. The van der Waals surface area contributed by atoms with E-state index in [-0.39, 0.29) is 24.0 Å². The molecule has 0 saturated carbocycles. The second-order valence-electron chi connectivity index (χ2n) is 7.72. The summed E-state index contributed by atoms with van der Waals surface area (Å²) < 4.78 is 0. The van der Waals surface area contributed by atoms with Crippen LogP contribution in [0.2, 0.25) is 0 Å². The molecule has 0 unspecified atom stereocenters. The summed E-state index contributed by atoms with van der Waals surface area (Å²) in [7, 11) is -2.21. The number of halogens is 1. The third kappa shape index (κ3) is 4.59. The summed E-state index contributed by atoms with van der Waals surface area (Å²) in [6.45, 7) is 2.19. The van der Waals surface area contributed by atoms with Crippen molar-refractivity contribution in [3.8, 4) is 11.4 Å². The maximum atomic E-state index is 5.15. The van der Waals surface area contributed by atoms with Gasteiger partial charge in [0.1, 0.15) is 21.7 Å². The van der Waals surface area contributed by atoms with Crippen LogP contribution >= 0.6 is 19.0 Å². The van der Waals surface area contributed by atoms with E-state index in [0.717, 1.165) is 22.2 Å². The highest BCUT2D eigenvalue weighted by Crippen LogP contribution is 2.55. The first kappa shape index (κ1) is 24.7. The van der Waals surface area contributed by atoms with E-state index in [1.807, 2.05) is 17.8 Å². The predicted molar refractivity (Wildman–Crippen MR) is 145 cm³/mol. The first-order chi connectivity index (χ1) is 16.3. The van der Waals surface area contributed by atoms with Crippen LogP contribution in [-0.4, -0.2) is 15.7 Å². The molecule has 0 spiro atoms. The fraction of sp³-hybridized carbons (Fsp3) is 0.0690. The molecule has 0 aliphatic heterocycles. The number of aromatic nitrogens is 2. The monoisotopic (exact) mass is 592 g/mol. The van der Waals surface area contributed by atoms with Gasteiger partial charge in [-0.2, -0.15) is 0 Å². The van der Waals surface area contributed by atoms with Crippen molar-refractivity contribution in [1.82, 2.24) is 9.97 Å². The number of benzene rings is 4. The molecular formula is C29H26IN2PS. The van der Waals surface area contributed by atoms with Crippen LogP contribution in [-0.2, 0) is 0 Å². The van der Waals surface area contributed by atoms with E-state index in [0.29, 0.717) is 0 Å². The number of aromatic amines is 1. The van der Waals surface area contributed by atoms with Crippen molar-refractivity contribution in [2.24, 2.45) is 0 Å². The highest BCUT2D eigenvalue weighted by molar-refractivity contribution is 8.04. The molecular weight excluding hydrogens is 566 g/mol. The van der Waals surface area contributed by atoms with Crippen LogP contribution in [0.25, 0.3) is 11.4 Å². The van der Waals surface area contributed by atoms with Gasteiger partial charge in [-0.1, -0.05) is 91.9 Å². The van der Waals surface area contributed by atoms with E-state index in [2.05, 4.69) is 127 Å². The summed E-state index contributed by atoms with van der Waals surface area (Å²) in [6.07, 6.45) is 0. The minimum atomic E-state index is -2.21. The first-order valence-corrected chi connectivity index (χ1v) is 14.0. The number of rotatable bonds is 7. The molecule has 1 aromatic heterocycles. The molecule has 34 heavy (non-hydrogen) atoms. The van der Waals surface area contributed by atoms with E-state index in [1.165, 1.54) is 21.3 Å². The van der Waals surface area contributed by atoms with Gasteiger partial charge in [0.2, 0.25) is 5.44 Å². The fourth-order valence-corrected chi connectivity index (χ4v) is 9.69. The van der Waals surface area contributed by atoms with E-state index in [1.54, 1.807) is 0 Å². The highest BCUT2D eigenvalue weighted by Gasteiger charge is 2.51. The van der Waals surface area contributed by atoms with Crippen molar-refractivity contribution in [3.05, 3.63) is 121 Å². The van der Waals surface area contributed by atoms with Gasteiger partial charge in [-0.05, 0) is 42.2 Å². The zero-order valence-electron chi connectivity index (χ0n) is 18.9. The van der Waals surface area contributed by atoms with Gasteiger partial charge in [0.05, 0.1) is 0 Å². The quantitative estimate of drug-likeness (QED) is 0.179. The summed E-state index contributed by atoms with van der Waals surface area (Å²) in [6, 6.07) is 43.3. The lowest BCUT2D eigenvalue weighted by molar-refractivity contribution is -0.00000645. The number of H-pyrrole nitrogens is 1. The molecule has 0 radical (unpaired) electrons. The van der Waals surface area contributed by atoms with Gasteiger partial charge in [0.15, 0.2) is 12.3 Å². The van der Waals surface area contributed by atoms with Crippen molar-refractivity contribution < 1.29 is 24.0 Å². The molecule has 0 amide bonds. The number of nitrogens with one attached hydrogen (secondary N) is 1. The summed E-state index contributed by atoms with van der Waals surface area (Å²) >= 11 is 1.81. The first-order valence-electron chi connectivity index (χ1n) is 11.2. The Morgan fingerprint density at radius 2 is 1.06 bits per heavy atom. The molecule has 0 bridgehead atoms. The number of nitrogens with zero attached hydrogens (tertiary/aromatic N) is 1. The van der Waals surface area contributed by atoms with Crippen LogP contribution in [0.3, 0.4) is 0 Å². The zero-order valence-corrected chi connectivity index (χ0v) is 22.8. The van der Waals surface area contributed by atoms with Crippen molar-refractivity contribution >= 4 is 40.4 Å². The second kappa shape index (κ2) is 11.4. The van der Waals surface area contributed by atoms with Crippen molar-refractivity contribution in [2.75, 3.05) is 5.75 Å². The summed E-state index contributed by atoms with van der Waals surface area (Å²) in [4.78, 5) is 8.98. The second-order valence-corrected chi connectivity index (χ2v) is 12.3. The minimum Gasteiger partial charge on any atom is -1.00 e. The molecule has 170 valence electrons. The standard InChI is InChI=1S/C29H26N2PS.HI/c1-2-33-29-28(30-27(31-29)23-15-7-3-8-16-23)32(24-17-9-4-10-18-24,25-19-11-5-12-20-25)26-21-13-6-14-22-26;/h3-22H,2H2,1H3,(H,30,31);1H/q+1;/p-1. The summed E-state index contributed by atoms with van der Waals surface area (Å²) in [5, 5.41) is 5.05. The summed E-state index contributed by atoms with van der Waals surface area (Å²) in [5.41, 5.74) is 2.32. The van der Waals surface area contributed by atoms with Gasteiger partial charge < -0.3 is 29.0 Å². The Kier molecular flexibility index (Phi) is 8.25. The topological polar surface area (TPSA) is 28.7 Å². The molecule has 2 nitrogen and oxygen atoms in total. The Morgan fingerprint density at radius 1 is 0.647 bits per heavy atom. The highest BCUT2D eigenvalue weighted by atomic mass is 127. The van der Waals surface area contributed by atoms with Gasteiger partial charge in [0, 0.05) is 5.56 Å². The Balaban J connectivity index is 0.00000274. The lowest BCUT2D eigenvalue weighted by atomic mass is 10.2. The van der Waals surface area contributed by atoms with Crippen molar-refractivity contribution in [2.45, 2.75) is 11.9 Å². The molecule has 0 saturated heterocycles. The van der Waals surface area contributed by atoms with E-state index in [4.69, 9.17) is 4.98 Å². The lowest BCUT2D eigenvalue weighted by Gasteiger charge is -2.26. The van der Waals surface area contributed by atoms with Crippen LogP contribution in [0.1, 0.15) is 6.92 Å². The number of hydrogen-bond acceptors (Lipinski definition) is 2. The number of hydrogen-bond donors (Lipinski definition) is 1. The Hall–Kier alpha value is -2.40. The molecule has 1 N–H and O–H groups in total. The minimum absolute atomic E-state index is 0. The number of thioether (sulfide) groups is 1. The van der Waals surface area contributed by atoms with Gasteiger partial charge in [0.25, 0.3) is 0 Å². The van der Waals surface area contributed by atoms with Gasteiger partial charge in [-0.25, -0.2) is 4.98 Å². The lowest BCUT2D eigenvalue weighted by Crippen LogP contribution is -3.00. The molecule has 5 heteroatoms. The van der Waals surface area contributed by atoms with Crippen LogP contribution in [0, 0.1) is 0 Å².